The summed E-state index contributed by atoms with van der Waals surface area (Å²) in [6.45, 7) is 0.224. The molecule has 0 aromatic heterocycles. The number of methoxy groups -OCH3 is 1. The van der Waals surface area contributed by atoms with Crippen LogP contribution in [0.2, 0.25) is 0 Å². The van der Waals surface area contributed by atoms with E-state index in [-0.39, 0.29) is 31.4 Å². The maximum Gasteiger partial charge on any atom is 0.413 e. The van der Waals surface area contributed by atoms with Crippen molar-refractivity contribution in [2.24, 2.45) is 0 Å². The highest BCUT2D eigenvalue weighted by Crippen LogP contribution is 2.31. The molecule has 0 saturated heterocycles. The predicted molar refractivity (Wildman–Crippen MR) is 105 cm³/mol. The van der Waals surface area contributed by atoms with E-state index in [4.69, 9.17) is 4.74 Å². The number of nitrogens with one attached hydrogen (secondary N) is 1. The molecule has 0 atom stereocenters. The Bertz CT molecular complexity index is 882. The SMILES string of the molecule is COC(=O)N(C)c1ccc(NC(=O)CCN2C(=O)COc3ccccc32)cc1. The number of fused-ring (bicyclic) bond motifs is 1. The van der Waals surface area contributed by atoms with Crippen LogP contribution < -0.4 is 19.9 Å². The topological polar surface area (TPSA) is 88.2 Å². The third-order valence-electron chi connectivity index (χ3n) is 4.36. The number of anilines is 3. The second-order valence-corrected chi connectivity index (χ2v) is 6.18. The van der Waals surface area contributed by atoms with E-state index < -0.39 is 6.09 Å². The van der Waals surface area contributed by atoms with E-state index in [9.17, 15) is 14.4 Å². The first kappa shape index (κ1) is 19.2. The van der Waals surface area contributed by atoms with Gasteiger partial charge < -0.3 is 19.7 Å². The Morgan fingerprint density at radius 1 is 1.18 bits per heavy atom. The second kappa shape index (κ2) is 8.43. The van der Waals surface area contributed by atoms with Gasteiger partial charge in [-0.2, -0.15) is 0 Å². The van der Waals surface area contributed by atoms with Gasteiger partial charge in [0.05, 0.1) is 12.8 Å². The van der Waals surface area contributed by atoms with Gasteiger partial charge in [-0.1, -0.05) is 12.1 Å². The molecular weight excluding hydrogens is 362 g/mol. The van der Waals surface area contributed by atoms with Crippen LogP contribution in [0.25, 0.3) is 0 Å². The number of carbonyl (C=O) groups is 3. The number of nitrogens with zero attached hydrogens (tertiary/aromatic N) is 2. The molecule has 0 unspecified atom stereocenters. The molecular formula is C20H21N3O5. The fourth-order valence-electron chi connectivity index (χ4n) is 2.85. The third-order valence-corrected chi connectivity index (χ3v) is 4.36. The highest BCUT2D eigenvalue weighted by atomic mass is 16.5. The monoisotopic (exact) mass is 383 g/mol. The van der Waals surface area contributed by atoms with Crippen molar-refractivity contribution in [1.82, 2.24) is 0 Å². The lowest BCUT2D eigenvalue weighted by Crippen LogP contribution is -2.40. The maximum absolute atomic E-state index is 12.3. The first-order valence-electron chi connectivity index (χ1n) is 8.73. The summed E-state index contributed by atoms with van der Waals surface area (Å²) in [6, 6.07) is 14.0. The van der Waals surface area contributed by atoms with Crippen LogP contribution in [-0.2, 0) is 14.3 Å². The summed E-state index contributed by atoms with van der Waals surface area (Å²) in [7, 11) is 2.90. The molecule has 0 bridgehead atoms. The molecule has 0 fully saturated rings. The van der Waals surface area contributed by atoms with E-state index in [1.807, 2.05) is 12.1 Å². The number of para-hydroxylation sites is 2. The summed E-state index contributed by atoms with van der Waals surface area (Å²) in [6.07, 6.45) is -0.337. The van der Waals surface area contributed by atoms with Gasteiger partial charge in [0.2, 0.25) is 5.91 Å². The Balaban J connectivity index is 1.58. The van der Waals surface area contributed by atoms with Gasteiger partial charge >= 0.3 is 6.09 Å². The summed E-state index contributed by atoms with van der Waals surface area (Å²) in [4.78, 5) is 38.9. The minimum atomic E-state index is -0.479. The zero-order valence-corrected chi connectivity index (χ0v) is 15.7. The molecule has 3 rings (SSSR count). The van der Waals surface area contributed by atoms with Crippen LogP contribution in [0, 0.1) is 0 Å². The number of benzene rings is 2. The predicted octanol–water partition coefficient (Wildman–Crippen LogP) is 2.64. The number of amides is 3. The maximum atomic E-state index is 12.3. The lowest BCUT2D eigenvalue weighted by atomic mass is 10.2. The van der Waals surface area contributed by atoms with Crippen LogP contribution >= 0.6 is 0 Å². The number of hydrogen-bond donors (Lipinski definition) is 1. The molecule has 28 heavy (non-hydrogen) atoms. The number of carbonyl (C=O) groups excluding carboxylic acids is 3. The Hall–Kier alpha value is -3.55. The average Bonchev–Trinajstić information content (AvgIpc) is 2.72. The van der Waals surface area contributed by atoms with E-state index in [1.54, 1.807) is 48.3 Å². The van der Waals surface area contributed by atoms with Crippen molar-refractivity contribution in [3.63, 3.8) is 0 Å². The van der Waals surface area contributed by atoms with Crippen molar-refractivity contribution >= 4 is 35.0 Å². The van der Waals surface area contributed by atoms with Crippen molar-refractivity contribution in [1.29, 1.82) is 0 Å². The van der Waals surface area contributed by atoms with E-state index >= 15 is 0 Å². The summed E-state index contributed by atoms with van der Waals surface area (Å²) >= 11 is 0. The molecule has 0 spiro atoms. The van der Waals surface area contributed by atoms with Gasteiger partial charge in [-0.25, -0.2) is 4.79 Å². The molecule has 1 aliphatic heterocycles. The van der Waals surface area contributed by atoms with Crippen molar-refractivity contribution in [2.45, 2.75) is 6.42 Å². The Morgan fingerprint density at radius 3 is 2.61 bits per heavy atom. The van der Waals surface area contributed by atoms with Crippen LogP contribution in [0.5, 0.6) is 5.75 Å². The summed E-state index contributed by atoms with van der Waals surface area (Å²) < 4.78 is 10.1. The van der Waals surface area contributed by atoms with Gasteiger partial charge in [0.25, 0.3) is 5.91 Å². The Labute approximate surface area is 162 Å². The fraction of sp³-hybridized carbons (Fsp3) is 0.250. The lowest BCUT2D eigenvalue weighted by molar-refractivity contribution is -0.121. The van der Waals surface area contributed by atoms with Gasteiger partial charge in [-0.3, -0.25) is 14.5 Å². The summed E-state index contributed by atoms with van der Waals surface area (Å²) in [5.74, 6) is 0.236. The average molecular weight is 383 g/mol. The minimum absolute atomic E-state index is 0.0339. The molecule has 1 heterocycles. The van der Waals surface area contributed by atoms with Gasteiger partial charge in [0, 0.05) is 31.4 Å². The summed E-state index contributed by atoms with van der Waals surface area (Å²) in [5, 5.41) is 2.79. The molecule has 0 saturated carbocycles. The second-order valence-electron chi connectivity index (χ2n) is 6.18. The smallest absolute Gasteiger partial charge is 0.413 e. The molecule has 3 amide bonds. The first-order chi connectivity index (χ1) is 13.5. The van der Waals surface area contributed by atoms with Crippen LogP contribution in [0.15, 0.2) is 48.5 Å². The van der Waals surface area contributed by atoms with Crippen molar-refractivity contribution in [3.8, 4) is 5.75 Å². The Morgan fingerprint density at radius 2 is 1.89 bits per heavy atom. The normalized spacial score (nSPS) is 12.6. The standard InChI is InChI=1S/C20H21N3O5/c1-22(20(26)27-2)15-9-7-14(8-10-15)21-18(24)11-12-23-16-5-3-4-6-17(16)28-13-19(23)25/h3-10H,11-13H2,1-2H3,(H,21,24). The molecule has 1 N–H and O–H groups in total. The fourth-order valence-corrected chi connectivity index (χ4v) is 2.85. The number of hydrogen-bond acceptors (Lipinski definition) is 5. The molecule has 0 aliphatic carbocycles. The molecule has 2 aromatic rings. The quantitative estimate of drug-likeness (QED) is 0.858. The van der Waals surface area contributed by atoms with Gasteiger partial charge in [0.15, 0.2) is 6.61 Å². The lowest BCUT2D eigenvalue weighted by Gasteiger charge is -2.29. The largest absolute Gasteiger partial charge is 0.482 e. The van der Waals surface area contributed by atoms with Gasteiger partial charge in [-0.15, -0.1) is 0 Å². The van der Waals surface area contributed by atoms with E-state index in [1.165, 1.54) is 12.0 Å². The molecule has 1 aliphatic rings. The number of ether oxygens (including phenoxy) is 2. The van der Waals surface area contributed by atoms with Crippen LogP contribution in [-0.4, -0.2) is 45.2 Å². The van der Waals surface area contributed by atoms with Gasteiger partial charge in [0.1, 0.15) is 5.75 Å². The Kier molecular flexibility index (Phi) is 5.78. The van der Waals surface area contributed by atoms with Crippen LogP contribution in [0.4, 0.5) is 21.9 Å². The first-order valence-corrected chi connectivity index (χ1v) is 8.73. The molecule has 146 valence electrons. The van der Waals surface area contributed by atoms with Gasteiger partial charge in [-0.05, 0) is 36.4 Å². The zero-order valence-electron chi connectivity index (χ0n) is 15.7. The summed E-state index contributed by atoms with van der Waals surface area (Å²) in [5.41, 5.74) is 1.91. The van der Waals surface area contributed by atoms with Crippen molar-refractivity contribution < 1.29 is 23.9 Å². The van der Waals surface area contributed by atoms with E-state index in [0.29, 0.717) is 22.8 Å². The zero-order chi connectivity index (χ0) is 20.1. The van der Waals surface area contributed by atoms with Crippen LogP contribution in [0.3, 0.4) is 0 Å². The van der Waals surface area contributed by atoms with Crippen molar-refractivity contribution in [3.05, 3.63) is 48.5 Å². The molecule has 8 nitrogen and oxygen atoms in total. The third kappa shape index (κ3) is 4.22. The number of rotatable bonds is 5. The molecule has 0 radical (unpaired) electrons. The highest BCUT2D eigenvalue weighted by molar-refractivity contribution is 5.99. The van der Waals surface area contributed by atoms with E-state index in [0.717, 1.165) is 0 Å². The molecule has 2 aromatic carbocycles. The highest BCUT2D eigenvalue weighted by Gasteiger charge is 2.25. The van der Waals surface area contributed by atoms with Crippen LogP contribution in [0.1, 0.15) is 6.42 Å². The minimum Gasteiger partial charge on any atom is -0.482 e. The molecule has 8 heteroatoms. The van der Waals surface area contributed by atoms with Crippen molar-refractivity contribution in [2.75, 3.05) is 42.4 Å². The van der Waals surface area contributed by atoms with E-state index in [2.05, 4.69) is 10.1 Å².